The van der Waals surface area contributed by atoms with E-state index >= 15 is 0 Å². The third-order valence-electron chi connectivity index (χ3n) is 4.09. The first kappa shape index (κ1) is 15.5. The summed E-state index contributed by atoms with van der Waals surface area (Å²) < 4.78 is 5.75. The lowest BCUT2D eigenvalue weighted by Gasteiger charge is -2.32. The molecule has 1 saturated heterocycles. The number of nitrogens with zero attached hydrogens (tertiary/aromatic N) is 3. The molecule has 0 aliphatic carbocycles. The summed E-state index contributed by atoms with van der Waals surface area (Å²) in [5, 5.41) is 0. The molecule has 1 fully saturated rings. The maximum atomic E-state index is 11.9. The van der Waals surface area contributed by atoms with Crippen LogP contribution in [-0.2, 0) is 4.79 Å². The Labute approximate surface area is 136 Å². The van der Waals surface area contributed by atoms with Crippen molar-refractivity contribution < 1.29 is 9.53 Å². The third kappa shape index (κ3) is 3.86. The fourth-order valence-electron chi connectivity index (χ4n) is 2.89. The standard InChI is InChI=1S/C18H21N3O2/c1-2-18(22)21-10-6-7-14(13-21)16-11-19-12-17(20-16)23-15-8-4-3-5-9-15/h3-5,8-9,11-12,14H,2,6-7,10,13H2,1H3. The first-order chi connectivity index (χ1) is 11.3. The molecule has 0 radical (unpaired) electrons. The van der Waals surface area contributed by atoms with Crippen LogP contribution in [0.15, 0.2) is 42.7 Å². The summed E-state index contributed by atoms with van der Waals surface area (Å²) in [5.74, 6) is 1.67. The molecule has 1 aliphatic rings. The van der Waals surface area contributed by atoms with E-state index in [1.165, 1.54) is 0 Å². The van der Waals surface area contributed by atoms with E-state index in [1.807, 2.05) is 42.2 Å². The van der Waals surface area contributed by atoms with Gasteiger partial charge in [0, 0.05) is 31.6 Å². The highest BCUT2D eigenvalue weighted by molar-refractivity contribution is 5.76. The minimum Gasteiger partial charge on any atom is -0.437 e. The average Bonchev–Trinajstić information content (AvgIpc) is 2.62. The van der Waals surface area contributed by atoms with Crippen molar-refractivity contribution >= 4 is 5.91 Å². The molecule has 2 aromatic rings. The third-order valence-corrected chi connectivity index (χ3v) is 4.09. The van der Waals surface area contributed by atoms with Crippen molar-refractivity contribution in [2.75, 3.05) is 13.1 Å². The van der Waals surface area contributed by atoms with Crippen molar-refractivity contribution in [2.45, 2.75) is 32.1 Å². The first-order valence-corrected chi connectivity index (χ1v) is 8.09. The quantitative estimate of drug-likeness (QED) is 0.868. The lowest BCUT2D eigenvalue weighted by atomic mass is 9.95. The summed E-state index contributed by atoms with van der Waals surface area (Å²) >= 11 is 0. The Kier molecular flexibility index (Phi) is 4.86. The van der Waals surface area contributed by atoms with Crippen LogP contribution in [0.5, 0.6) is 11.6 Å². The number of hydrogen-bond acceptors (Lipinski definition) is 4. The summed E-state index contributed by atoms with van der Waals surface area (Å²) in [6.45, 7) is 3.47. The molecule has 5 nitrogen and oxygen atoms in total. The van der Waals surface area contributed by atoms with Crippen LogP contribution in [-0.4, -0.2) is 33.9 Å². The molecule has 23 heavy (non-hydrogen) atoms. The zero-order chi connectivity index (χ0) is 16.1. The molecule has 1 aromatic carbocycles. The summed E-state index contributed by atoms with van der Waals surface area (Å²) in [5.41, 5.74) is 0.895. The molecule has 0 bridgehead atoms. The van der Waals surface area contributed by atoms with E-state index < -0.39 is 0 Å². The van der Waals surface area contributed by atoms with E-state index in [1.54, 1.807) is 12.4 Å². The largest absolute Gasteiger partial charge is 0.437 e. The second kappa shape index (κ2) is 7.22. The highest BCUT2D eigenvalue weighted by Gasteiger charge is 2.25. The van der Waals surface area contributed by atoms with E-state index in [0.29, 0.717) is 12.3 Å². The van der Waals surface area contributed by atoms with E-state index in [0.717, 1.165) is 37.4 Å². The number of carbonyl (C=O) groups is 1. The van der Waals surface area contributed by atoms with Gasteiger partial charge in [-0.3, -0.25) is 9.78 Å². The molecular weight excluding hydrogens is 290 g/mol. The molecule has 1 atom stereocenters. The topological polar surface area (TPSA) is 55.3 Å². The lowest BCUT2D eigenvalue weighted by Crippen LogP contribution is -2.38. The minimum absolute atomic E-state index is 0.208. The normalized spacial score (nSPS) is 17.8. The van der Waals surface area contributed by atoms with Crippen LogP contribution in [0.4, 0.5) is 0 Å². The monoisotopic (exact) mass is 311 g/mol. The predicted molar refractivity (Wildman–Crippen MR) is 87.4 cm³/mol. The van der Waals surface area contributed by atoms with E-state index in [9.17, 15) is 4.79 Å². The number of para-hydroxylation sites is 1. The number of benzene rings is 1. The molecule has 1 aromatic heterocycles. The highest BCUT2D eigenvalue weighted by atomic mass is 16.5. The van der Waals surface area contributed by atoms with Crippen LogP contribution in [0.3, 0.4) is 0 Å². The predicted octanol–water partition coefficient (Wildman–Crippen LogP) is 3.38. The van der Waals surface area contributed by atoms with Crippen LogP contribution in [0, 0.1) is 0 Å². The number of hydrogen-bond donors (Lipinski definition) is 0. The van der Waals surface area contributed by atoms with Crippen LogP contribution < -0.4 is 4.74 Å². The number of carbonyl (C=O) groups excluding carboxylic acids is 1. The molecule has 120 valence electrons. The summed E-state index contributed by atoms with van der Waals surface area (Å²) in [7, 11) is 0. The SMILES string of the molecule is CCC(=O)N1CCCC(c2cncc(Oc3ccccc3)n2)C1. The van der Waals surface area contributed by atoms with Gasteiger partial charge in [0.05, 0.1) is 11.9 Å². The van der Waals surface area contributed by atoms with Crippen LogP contribution in [0.25, 0.3) is 0 Å². The smallest absolute Gasteiger partial charge is 0.238 e. The Morgan fingerprint density at radius 3 is 2.91 bits per heavy atom. The van der Waals surface area contributed by atoms with Gasteiger partial charge in [-0.05, 0) is 25.0 Å². The Hall–Kier alpha value is -2.43. The van der Waals surface area contributed by atoms with Crippen LogP contribution >= 0.6 is 0 Å². The van der Waals surface area contributed by atoms with Gasteiger partial charge in [-0.1, -0.05) is 25.1 Å². The molecule has 0 N–H and O–H groups in total. The fourth-order valence-corrected chi connectivity index (χ4v) is 2.89. The number of piperidine rings is 1. The zero-order valence-electron chi connectivity index (χ0n) is 13.3. The van der Waals surface area contributed by atoms with E-state index in [-0.39, 0.29) is 11.8 Å². The number of ether oxygens (including phenoxy) is 1. The van der Waals surface area contributed by atoms with Gasteiger partial charge in [0.15, 0.2) is 0 Å². The number of aromatic nitrogens is 2. The number of amides is 1. The highest BCUT2D eigenvalue weighted by Crippen LogP contribution is 2.27. The van der Waals surface area contributed by atoms with Gasteiger partial charge in [-0.25, -0.2) is 4.98 Å². The van der Waals surface area contributed by atoms with Gasteiger partial charge in [-0.15, -0.1) is 0 Å². The molecule has 3 rings (SSSR count). The molecule has 0 spiro atoms. The van der Waals surface area contributed by atoms with Gasteiger partial charge < -0.3 is 9.64 Å². The van der Waals surface area contributed by atoms with Gasteiger partial charge in [-0.2, -0.15) is 0 Å². The Bertz CT molecular complexity index is 660. The van der Waals surface area contributed by atoms with Gasteiger partial charge >= 0.3 is 0 Å². The first-order valence-electron chi connectivity index (χ1n) is 8.09. The molecule has 5 heteroatoms. The fraction of sp³-hybridized carbons (Fsp3) is 0.389. The maximum absolute atomic E-state index is 11.9. The Morgan fingerprint density at radius 2 is 2.13 bits per heavy atom. The van der Waals surface area contributed by atoms with Crippen LogP contribution in [0.1, 0.15) is 37.8 Å². The summed E-state index contributed by atoms with van der Waals surface area (Å²) in [4.78, 5) is 22.7. The molecule has 2 heterocycles. The van der Waals surface area contributed by atoms with Crippen molar-refractivity contribution in [1.29, 1.82) is 0 Å². The second-order valence-corrected chi connectivity index (χ2v) is 5.73. The second-order valence-electron chi connectivity index (χ2n) is 5.73. The van der Waals surface area contributed by atoms with Crippen LogP contribution in [0.2, 0.25) is 0 Å². The van der Waals surface area contributed by atoms with Gasteiger partial charge in [0.2, 0.25) is 11.8 Å². The lowest BCUT2D eigenvalue weighted by molar-refractivity contribution is -0.132. The van der Waals surface area contributed by atoms with E-state index in [2.05, 4.69) is 9.97 Å². The zero-order valence-corrected chi connectivity index (χ0v) is 13.3. The average molecular weight is 311 g/mol. The summed E-state index contributed by atoms with van der Waals surface area (Å²) in [6, 6.07) is 9.55. The summed E-state index contributed by atoms with van der Waals surface area (Å²) in [6.07, 6.45) is 5.98. The van der Waals surface area contributed by atoms with Gasteiger partial charge in [0.25, 0.3) is 0 Å². The molecule has 0 saturated carbocycles. The van der Waals surface area contributed by atoms with Gasteiger partial charge in [0.1, 0.15) is 5.75 Å². The molecular formula is C18H21N3O2. The number of likely N-dealkylation sites (tertiary alicyclic amines) is 1. The van der Waals surface area contributed by atoms with Crippen molar-refractivity contribution in [3.05, 3.63) is 48.4 Å². The molecule has 1 aliphatic heterocycles. The Morgan fingerprint density at radius 1 is 1.30 bits per heavy atom. The molecule has 1 amide bonds. The van der Waals surface area contributed by atoms with E-state index in [4.69, 9.17) is 4.74 Å². The number of rotatable bonds is 4. The minimum atomic E-state index is 0.208. The van der Waals surface area contributed by atoms with Crippen molar-refractivity contribution in [3.63, 3.8) is 0 Å². The Balaban J connectivity index is 1.73. The van der Waals surface area contributed by atoms with Crippen molar-refractivity contribution in [3.8, 4) is 11.6 Å². The molecule has 1 unspecified atom stereocenters. The maximum Gasteiger partial charge on any atom is 0.238 e. The van der Waals surface area contributed by atoms with Crippen molar-refractivity contribution in [2.24, 2.45) is 0 Å². The van der Waals surface area contributed by atoms with Crippen molar-refractivity contribution in [1.82, 2.24) is 14.9 Å².